The molecule has 0 radical (unpaired) electrons. The van der Waals surface area contributed by atoms with Crippen molar-refractivity contribution in [1.82, 2.24) is 0 Å². The van der Waals surface area contributed by atoms with E-state index in [0.717, 1.165) is 12.8 Å². The first-order chi connectivity index (χ1) is 15.6. The summed E-state index contributed by atoms with van der Waals surface area (Å²) in [6, 6.07) is 10.3. The molecular formula is C22H28FN2O6PS. The first-order valence-corrected chi connectivity index (χ1v) is 12.6. The average Bonchev–Trinajstić information content (AvgIpc) is 2.73. The van der Waals surface area contributed by atoms with Crippen molar-refractivity contribution in [3.05, 3.63) is 42.5 Å². The number of benzene rings is 2. The summed E-state index contributed by atoms with van der Waals surface area (Å²) in [5, 5.41) is 2.80. The van der Waals surface area contributed by atoms with Gasteiger partial charge in [0.15, 0.2) is 0 Å². The lowest BCUT2D eigenvalue weighted by atomic mass is 10.0. The number of sulfonamides is 1. The van der Waals surface area contributed by atoms with Crippen LogP contribution in [0.15, 0.2) is 47.4 Å². The quantitative estimate of drug-likeness (QED) is 0.504. The molecule has 1 fully saturated rings. The van der Waals surface area contributed by atoms with E-state index in [0.29, 0.717) is 18.9 Å². The zero-order valence-electron chi connectivity index (χ0n) is 18.5. The molecule has 2 aromatic rings. The van der Waals surface area contributed by atoms with E-state index >= 15 is 0 Å². The number of hydrogen-bond acceptors (Lipinski definition) is 6. The molecular weight excluding hydrogens is 470 g/mol. The zero-order chi connectivity index (χ0) is 24.1. The Labute approximate surface area is 195 Å². The molecule has 3 unspecified atom stereocenters. The van der Waals surface area contributed by atoms with Crippen LogP contribution in [0.5, 0.6) is 11.5 Å². The normalized spacial score (nSPS) is 18.1. The lowest BCUT2D eigenvalue weighted by molar-refractivity contribution is -0.123. The van der Waals surface area contributed by atoms with Crippen molar-refractivity contribution in [2.24, 2.45) is 5.92 Å². The fourth-order valence-electron chi connectivity index (χ4n) is 3.33. The van der Waals surface area contributed by atoms with Gasteiger partial charge in [0.2, 0.25) is 5.91 Å². The number of rotatable bonds is 9. The van der Waals surface area contributed by atoms with Gasteiger partial charge in [-0.15, -0.1) is 0 Å². The van der Waals surface area contributed by atoms with E-state index in [1.165, 1.54) is 43.3 Å². The number of nitrogens with one attached hydrogen (secondary N) is 2. The van der Waals surface area contributed by atoms with Crippen LogP contribution in [-0.2, 0) is 19.6 Å². The summed E-state index contributed by atoms with van der Waals surface area (Å²) in [5.74, 6) is -0.181. The number of amides is 1. The number of alkyl halides is 1. The van der Waals surface area contributed by atoms with Gasteiger partial charge in [0.1, 0.15) is 16.4 Å². The van der Waals surface area contributed by atoms with Gasteiger partial charge in [0.25, 0.3) is 15.6 Å². The van der Waals surface area contributed by atoms with Crippen molar-refractivity contribution in [2.45, 2.75) is 37.2 Å². The van der Waals surface area contributed by atoms with Gasteiger partial charge in [-0.3, -0.25) is 9.52 Å². The lowest BCUT2D eigenvalue weighted by Crippen LogP contribution is -2.30. The van der Waals surface area contributed by atoms with Gasteiger partial charge in [-0.05, 0) is 44.0 Å². The van der Waals surface area contributed by atoms with Gasteiger partial charge in [-0.1, -0.05) is 15.3 Å². The Morgan fingerprint density at radius 2 is 2.06 bits per heavy atom. The van der Waals surface area contributed by atoms with Crippen LogP contribution in [-0.4, -0.2) is 39.7 Å². The van der Waals surface area contributed by atoms with Crippen molar-refractivity contribution >= 4 is 36.5 Å². The third-order valence-corrected chi connectivity index (χ3v) is 6.27. The molecule has 0 spiro atoms. The predicted molar refractivity (Wildman–Crippen MR) is 127 cm³/mol. The minimum Gasteiger partial charge on any atom is -0.492 e. The average molecular weight is 499 g/mol. The maximum atomic E-state index is 13.7. The Morgan fingerprint density at radius 1 is 1.27 bits per heavy atom. The Balaban J connectivity index is 1.80. The highest BCUT2D eigenvalue weighted by Crippen LogP contribution is 2.32. The first kappa shape index (κ1) is 25.2. The minimum atomic E-state index is -4.05. The second-order valence-electron chi connectivity index (χ2n) is 7.72. The molecule has 1 aliphatic rings. The van der Waals surface area contributed by atoms with Crippen molar-refractivity contribution in [3.63, 3.8) is 0 Å². The summed E-state index contributed by atoms with van der Waals surface area (Å²) in [5.41, 5.74) is -1.38. The van der Waals surface area contributed by atoms with Crippen molar-refractivity contribution < 1.29 is 31.8 Å². The van der Waals surface area contributed by atoms with Crippen LogP contribution in [0.25, 0.3) is 0 Å². The fraction of sp³-hybridized carbons (Fsp3) is 0.409. The molecule has 3 rings (SSSR count). The van der Waals surface area contributed by atoms with Gasteiger partial charge in [0.05, 0.1) is 24.8 Å². The number of carbonyl (C=O) groups is 1. The predicted octanol–water partition coefficient (Wildman–Crippen LogP) is 4.15. The van der Waals surface area contributed by atoms with Crippen molar-refractivity contribution in [1.29, 1.82) is 0 Å². The molecule has 3 atom stereocenters. The molecule has 2 aromatic carbocycles. The maximum absolute atomic E-state index is 13.7. The van der Waals surface area contributed by atoms with E-state index < -0.39 is 15.6 Å². The molecule has 0 bridgehead atoms. The molecule has 11 heteroatoms. The highest BCUT2D eigenvalue weighted by atomic mass is 32.2. The smallest absolute Gasteiger partial charge is 0.265 e. The largest absolute Gasteiger partial charge is 0.492 e. The Hall–Kier alpha value is -2.42. The van der Waals surface area contributed by atoms with Crippen molar-refractivity contribution in [2.75, 3.05) is 29.9 Å². The summed E-state index contributed by atoms with van der Waals surface area (Å²) in [6.45, 7) is 4.18. The summed E-state index contributed by atoms with van der Waals surface area (Å²) in [6.07, 6.45) is 1.56. The van der Waals surface area contributed by atoms with Gasteiger partial charge in [-0.2, -0.15) is 4.39 Å². The van der Waals surface area contributed by atoms with E-state index in [9.17, 15) is 17.6 Å². The minimum absolute atomic E-state index is 0.0939. The third kappa shape index (κ3) is 7.28. The third-order valence-electron chi connectivity index (χ3n) is 4.74. The first-order valence-electron chi connectivity index (χ1n) is 10.5. The number of hydrogen-bond donors (Lipinski definition) is 2. The molecule has 33 heavy (non-hydrogen) atoms. The number of carbonyl (C=O) groups excluding carboxylic acids is 1. The second kappa shape index (κ2) is 10.7. The van der Waals surface area contributed by atoms with E-state index in [1.807, 2.05) is 9.24 Å². The molecule has 180 valence electrons. The Bertz CT molecular complexity index is 1080. The molecule has 0 aromatic heterocycles. The van der Waals surface area contributed by atoms with Crippen LogP contribution < -0.4 is 19.5 Å². The van der Waals surface area contributed by atoms with Crippen LogP contribution in [0.1, 0.15) is 26.7 Å². The highest BCUT2D eigenvalue weighted by Gasteiger charge is 2.24. The fourth-order valence-corrected chi connectivity index (χ4v) is 4.64. The summed E-state index contributed by atoms with van der Waals surface area (Å²) in [4.78, 5) is 12.4. The van der Waals surface area contributed by atoms with Gasteiger partial charge >= 0.3 is 0 Å². The van der Waals surface area contributed by atoms with Crippen LogP contribution in [0.2, 0.25) is 0 Å². The van der Waals surface area contributed by atoms with Gasteiger partial charge in [0, 0.05) is 31.4 Å². The standard InChI is InChI=1S/C22H28FN2O6PS/c1-3-30-19-13-16(24-21(26)15-6-5-11-29-14-15)9-10-20(19)33(27,28)25-17-7-4-8-18(12-17)31-22(2,23)32/h4,7-10,12-13,15,25H,3,5-6,11,14,32H2,1-2H3,(H,24,26). The zero-order valence-corrected chi connectivity index (χ0v) is 20.4. The number of halogens is 1. The molecule has 2 N–H and O–H groups in total. The lowest BCUT2D eigenvalue weighted by Gasteiger charge is -2.21. The molecule has 0 aliphatic carbocycles. The molecule has 1 heterocycles. The topological polar surface area (TPSA) is 103 Å². The molecule has 1 amide bonds. The van der Waals surface area contributed by atoms with E-state index in [4.69, 9.17) is 14.2 Å². The van der Waals surface area contributed by atoms with Crippen LogP contribution in [0, 0.1) is 5.92 Å². The molecule has 1 aliphatic heterocycles. The molecule has 1 saturated heterocycles. The van der Waals surface area contributed by atoms with E-state index in [-0.39, 0.29) is 40.5 Å². The van der Waals surface area contributed by atoms with E-state index in [2.05, 4.69) is 10.0 Å². The van der Waals surface area contributed by atoms with Crippen LogP contribution >= 0.6 is 9.24 Å². The Morgan fingerprint density at radius 3 is 2.73 bits per heavy atom. The SMILES string of the molecule is CCOc1cc(NC(=O)C2CCCOC2)ccc1S(=O)(=O)Nc1cccc(OC(C)(F)P)c1. The maximum Gasteiger partial charge on any atom is 0.265 e. The van der Waals surface area contributed by atoms with E-state index in [1.54, 1.807) is 13.0 Å². The summed E-state index contributed by atoms with van der Waals surface area (Å²) < 4.78 is 58.3. The van der Waals surface area contributed by atoms with Crippen LogP contribution in [0.3, 0.4) is 0 Å². The van der Waals surface area contributed by atoms with Gasteiger partial charge < -0.3 is 19.5 Å². The molecule has 0 saturated carbocycles. The summed E-state index contributed by atoms with van der Waals surface area (Å²) >= 11 is 0. The highest BCUT2D eigenvalue weighted by molar-refractivity contribution is 7.92. The van der Waals surface area contributed by atoms with Crippen LogP contribution in [0.4, 0.5) is 15.8 Å². The summed E-state index contributed by atoms with van der Waals surface area (Å²) in [7, 11) is -2.15. The number of ether oxygens (including phenoxy) is 3. The van der Waals surface area contributed by atoms with Gasteiger partial charge in [-0.25, -0.2) is 8.42 Å². The van der Waals surface area contributed by atoms with Crippen molar-refractivity contribution in [3.8, 4) is 11.5 Å². The molecule has 8 nitrogen and oxygen atoms in total. The monoisotopic (exact) mass is 498 g/mol. The Kier molecular flexibility index (Phi) is 8.15. The second-order valence-corrected chi connectivity index (χ2v) is 10.4. The number of anilines is 2.